The van der Waals surface area contributed by atoms with Crippen molar-refractivity contribution in [3.63, 3.8) is 0 Å². The monoisotopic (exact) mass is 612 g/mol. The molecule has 44 heavy (non-hydrogen) atoms. The molecule has 10 atom stereocenters. The number of fused-ring (bicyclic) bond motifs is 8. The lowest BCUT2D eigenvalue weighted by Gasteiger charge is -2.73. The van der Waals surface area contributed by atoms with Crippen LogP contribution < -0.4 is 0 Å². The third-order valence-corrected chi connectivity index (χ3v) is 16.2. The fourth-order valence-electron chi connectivity index (χ4n) is 14.2. The fraction of sp³-hybridized carbons (Fsp3) is 0.923. The molecule has 0 saturated heterocycles. The first-order valence-electron chi connectivity index (χ1n) is 18.5. The lowest BCUT2D eigenvalue weighted by atomic mass is 9.30. The number of carbonyl (C=O) groups excluding carboxylic acids is 1. The molecule has 0 radical (unpaired) electrons. The van der Waals surface area contributed by atoms with Crippen LogP contribution in [0, 0.1) is 55.7 Å². The number of hydrogen-bond acceptors (Lipinski definition) is 5. The molecule has 0 amide bonds. The first-order chi connectivity index (χ1) is 20.7. The number of hydrogen-bond donors (Lipinski definition) is 4. The van der Waals surface area contributed by atoms with Gasteiger partial charge in [-0.2, -0.15) is 0 Å². The van der Waals surface area contributed by atoms with Crippen LogP contribution in [0.15, 0.2) is 11.6 Å². The van der Waals surface area contributed by atoms with Gasteiger partial charge in [0.15, 0.2) is 5.78 Å². The van der Waals surface area contributed by atoms with E-state index >= 15 is 4.79 Å². The van der Waals surface area contributed by atoms with Crippen LogP contribution in [-0.2, 0) is 4.79 Å². The topological polar surface area (TPSA) is 98.0 Å². The number of aliphatic hydroxyl groups excluding tert-OH is 4. The molecule has 0 heterocycles. The largest absolute Gasteiger partial charge is 0.396 e. The molecule has 0 aromatic heterocycles. The van der Waals surface area contributed by atoms with Crippen molar-refractivity contribution in [1.29, 1.82) is 0 Å². The minimum absolute atomic E-state index is 0.000983. The summed E-state index contributed by atoms with van der Waals surface area (Å²) in [6.07, 6.45) is 16.6. The van der Waals surface area contributed by atoms with E-state index < -0.39 is 23.0 Å². The Kier molecular flexibility index (Phi) is 8.21. The molecule has 0 aromatic rings. The normalized spacial score (nSPS) is 49.1. The maximum atomic E-state index is 15.1. The second-order valence-electron chi connectivity index (χ2n) is 18.5. The van der Waals surface area contributed by atoms with Crippen LogP contribution >= 0.6 is 0 Å². The average molecular weight is 613 g/mol. The Morgan fingerprint density at radius 2 is 1.55 bits per heavy atom. The Balaban J connectivity index is 1.51. The molecule has 6 aliphatic carbocycles. The first kappa shape index (κ1) is 33.2. The molecule has 5 heteroatoms. The van der Waals surface area contributed by atoms with Crippen LogP contribution in [0.3, 0.4) is 0 Å². The van der Waals surface area contributed by atoms with E-state index in [0.29, 0.717) is 12.8 Å². The zero-order valence-electron chi connectivity index (χ0n) is 28.9. The molecule has 6 aliphatic rings. The van der Waals surface area contributed by atoms with E-state index in [1.807, 2.05) is 0 Å². The van der Waals surface area contributed by atoms with E-state index in [9.17, 15) is 20.4 Å². The van der Waals surface area contributed by atoms with Crippen molar-refractivity contribution in [3.05, 3.63) is 11.6 Å². The van der Waals surface area contributed by atoms with Gasteiger partial charge in [0.1, 0.15) is 0 Å². The molecule has 0 aromatic carbocycles. The minimum Gasteiger partial charge on any atom is -0.396 e. The van der Waals surface area contributed by atoms with Crippen LogP contribution in [-0.4, -0.2) is 51.6 Å². The van der Waals surface area contributed by atoms with Gasteiger partial charge in [0.2, 0.25) is 0 Å². The predicted molar refractivity (Wildman–Crippen MR) is 175 cm³/mol. The van der Waals surface area contributed by atoms with Gasteiger partial charge >= 0.3 is 0 Å². The van der Waals surface area contributed by atoms with E-state index in [1.165, 1.54) is 12.0 Å². The molecule has 5 nitrogen and oxygen atoms in total. The van der Waals surface area contributed by atoms with E-state index in [0.717, 1.165) is 83.5 Å². The third-order valence-electron chi connectivity index (χ3n) is 16.2. The third kappa shape index (κ3) is 4.13. The van der Waals surface area contributed by atoms with Crippen LogP contribution in [0.5, 0.6) is 0 Å². The van der Waals surface area contributed by atoms with Gasteiger partial charge < -0.3 is 20.4 Å². The molecular formula is C39H64O5. The van der Waals surface area contributed by atoms with Gasteiger partial charge in [0.05, 0.1) is 25.4 Å². The van der Waals surface area contributed by atoms with E-state index in [4.69, 9.17) is 0 Å². The minimum atomic E-state index is -0.615. The number of carbonyl (C=O) groups is 1. The van der Waals surface area contributed by atoms with Crippen molar-refractivity contribution in [1.82, 2.24) is 0 Å². The van der Waals surface area contributed by atoms with Gasteiger partial charge in [-0.25, -0.2) is 0 Å². The van der Waals surface area contributed by atoms with Gasteiger partial charge in [-0.15, -0.1) is 0 Å². The van der Waals surface area contributed by atoms with Gasteiger partial charge in [-0.05, 0) is 109 Å². The SMILES string of the molecule is CCCCCCC12CCC(O)C(C)(CO)C1CCC1(C)C2C(=O)C=C2C3CC(C)(C)CC4(CCCC4)C3(CO)C(O)CC21C. The number of rotatable bonds is 7. The maximum absolute atomic E-state index is 15.1. The smallest absolute Gasteiger partial charge is 0.159 e. The summed E-state index contributed by atoms with van der Waals surface area (Å²) in [5.41, 5.74) is -0.932. The van der Waals surface area contributed by atoms with Crippen molar-refractivity contribution in [2.24, 2.45) is 55.7 Å². The van der Waals surface area contributed by atoms with Crippen LogP contribution in [0.1, 0.15) is 144 Å². The number of unbranched alkanes of at least 4 members (excludes halogenated alkanes) is 3. The van der Waals surface area contributed by atoms with Crippen molar-refractivity contribution in [3.8, 4) is 0 Å². The van der Waals surface area contributed by atoms with Gasteiger partial charge in [0.25, 0.3) is 0 Å². The number of allylic oxidation sites excluding steroid dienone is 2. The molecule has 5 saturated carbocycles. The summed E-state index contributed by atoms with van der Waals surface area (Å²) in [4.78, 5) is 15.1. The highest BCUT2D eigenvalue weighted by Crippen LogP contribution is 2.78. The van der Waals surface area contributed by atoms with Crippen molar-refractivity contribution >= 4 is 5.78 Å². The lowest BCUT2D eigenvalue weighted by molar-refractivity contribution is -0.248. The standard InChI is InChI=1S/C39H64O5/c1-7-8-9-10-17-38-19-14-30(43)34(4,24-40)29(38)13-18-35(5)32(38)28(42)20-26-27-21-33(2,3)23-37(15-11-12-16-37)39(27,25-41)31(44)22-36(26,35)6/h20,27,29-32,40-41,43-44H,7-19,21-25H2,1-6H3. The fourth-order valence-corrected chi connectivity index (χ4v) is 14.2. The summed E-state index contributed by atoms with van der Waals surface area (Å²) in [5.74, 6) is 0.155. The van der Waals surface area contributed by atoms with Crippen molar-refractivity contribution in [2.45, 2.75) is 156 Å². The highest BCUT2D eigenvalue weighted by Gasteiger charge is 2.75. The molecule has 0 aliphatic heterocycles. The average Bonchev–Trinajstić information content (AvgIpc) is 3.42. The zero-order chi connectivity index (χ0) is 32.0. The molecule has 5 fully saturated rings. The van der Waals surface area contributed by atoms with E-state index in [-0.39, 0.29) is 63.8 Å². The van der Waals surface area contributed by atoms with Crippen LogP contribution in [0.25, 0.3) is 0 Å². The highest BCUT2D eigenvalue weighted by molar-refractivity contribution is 5.95. The van der Waals surface area contributed by atoms with E-state index in [1.54, 1.807) is 0 Å². The summed E-state index contributed by atoms with van der Waals surface area (Å²) in [6, 6.07) is 0. The molecule has 1 spiro atoms. The van der Waals surface area contributed by atoms with Gasteiger partial charge in [0, 0.05) is 16.7 Å². The first-order valence-corrected chi connectivity index (χ1v) is 18.5. The summed E-state index contributed by atoms with van der Waals surface area (Å²) < 4.78 is 0. The van der Waals surface area contributed by atoms with Gasteiger partial charge in [-0.1, -0.05) is 85.6 Å². The molecule has 250 valence electrons. The van der Waals surface area contributed by atoms with Crippen LogP contribution in [0.4, 0.5) is 0 Å². The Bertz CT molecular complexity index is 1150. The summed E-state index contributed by atoms with van der Waals surface area (Å²) >= 11 is 0. The number of aliphatic hydroxyl groups is 4. The predicted octanol–water partition coefficient (Wildman–Crippen LogP) is 7.38. The van der Waals surface area contributed by atoms with Crippen molar-refractivity contribution < 1.29 is 25.2 Å². The lowest BCUT2D eigenvalue weighted by Crippen LogP contribution is -2.71. The Morgan fingerprint density at radius 3 is 2.18 bits per heavy atom. The van der Waals surface area contributed by atoms with Gasteiger partial charge in [-0.3, -0.25) is 4.79 Å². The molecular weight excluding hydrogens is 548 g/mol. The Morgan fingerprint density at radius 1 is 0.841 bits per heavy atom. The highest BCUT2D eigenvalue weighted by atomic mass is 16.3. The van der Waals surface area contributed by atoms with Crippen molar-refractivity contribution in [2.75, 3.05) is 13.2 Å². The molecule has 4 N–H and O–H groups in total. The summed E-state index contributed by atoms with van der Waals surface area (Å²) in [6.45, 7) is 13.8. The summed E-state index contributed by atoms with van der Waals surface area (Å²) in [7, 11) is 0. The second-order valence-corrected chi connectivity index (χ2v) is 18.5. The Labute approximate surface area is 267 Å². The Hall–Kier alpha value is -0.750. The second kappa shape index (κ2) is 10.9. The molecule has 10 unspecified atom stereocenters. The van der Waals surface area contributed by atoms with Crippen LogP contribution in [0.2, 0.25) is 0 Å². The van der Waals surface area contributed by atoms with E-state index in [2.05, 4.69) is 47.6 Å². The summed E-state index contributed by atoms with van der Waals surface area (Å²) in [5, 5.41) is 46.1. The quantitative estimate of drug-likeness (QED) is 0.225. The maximum Gasteiger partial charge on any atom is 0.159 e. The molecule has 0 bridgehead atoms. The molecule has 6 rings (SSSR count). The number of ketones is 1. The zero-order valence-corrected chi connectivity index (χ0v) is 28.9.